The van der Waals surface area contributed by atoms with Gasteiger partial charge in [-0.05, 0) is 38.0 Å². The summed E-state index contributed by atoms with van der Waals surface area (Å²) in [6.45, 7) is 2.95. The van der Waals surface area contributed by atoms with Crippen LogP contribution in [0.15, 0.2) is 18.2 Å². The first-order valence-electron chi connectivity index (χ1n) is 6.20. The van der Waals surface area contributed by atoms with E-state index in [0.717, 1.165) is 31.7 Å². The highest BCUT2D eigenvalue weighted by molar-refractivity contribution is 5.99. The Morgan fingerprint density at radius 3 is 2.67 bits per heavy atom. The first kappa shape index (κ1) is 13.0. The average molecular weight is 251 g/mol. The molecule has 1 aromatic carbocycles. The molecule has 1 saturated heterocycles. The van der Waals surface area contributed by atoms with Crippen LogP contribution < -0.4 is 4.90 Å². The molecule has 1 aromatic rings. The van der Waals surface area contributed by atoms with Crippen LogP contribution in [0, 0.1) is 5.82 Å². The molecule has 0 atom stereocenters. The molecule has 2 rings (SSSR count). The Morgan fingerprint density at radius 2 is 2.06 bits per heavy atom. The number of nitrogens with zero attached hydrogens (tertiary/aromatic N) is 1. The van der Waals surface area contributed by atoms with Gasteiger partial charge in [0.25, 0.3) is 0 Å². The van der Waals surface area contributed by atoms with Crippen LogP contribution in [0.1, 0.15) is 30.1 Å². The van der Waals surface area contributed by atoms with Crippen molar-refractivity contribution in [3.05, 3.63) is 29.6 Å². The van der Waals surface area contributed by atoms with Crippen molar-refractivity contribution in [2.45, 2.75) is 25.8 Å². The molecular weight excluding hydrogens is 233 g/mol. The van der Waals surface area contributed by atoms with Gasteiger partial charge in [0.05, 0.1) is 0 Å². The van der Waals surface area contributed by atoms with Crippen LogP contribution in [0.2, 0.25) is 0 Å². The lowest BCUT2D eigenvalue weighted by atomic mass is 10.0. The molecule has 4 heteroatoms. The predicted molar refractivity (Wildman–Crippen MR) is 68.6 cm³/mol. The Labute approximate surface area is 107 Å². The Bertz CT molecular complexity index is 441. The van der Waals surface area contributed by atoms with Crippen LogP contribution in [0.25, 0.3) is 0 Å². The van der Waals surface area contributed by atoms with Crippen molar-refractivity contribution in [2.24, 2.45) is 0 Å². The molecule has 1 fully saturated rings. The summed E-state index contributed by atoms with van der Waals surface area (Å²) in [5.41, 5.74) is 1.25. The molecule has 0 spiro atoms. The number of carbonyl (C=O) groups excluding carboxylic acids is 1. The van der Waals surface area contributed by atoms with Crippen LogP contribution in [0.5, 0.6) is 0 Å². The average Bonchev–Trinajstić information content (AvgIpc) is 2.39. The van der Waals surface area contributed by atoms with Gasteiger partial charge in [-0.25, -0.2) is 4.39 Å². The lowest BCUT2D eigenvalue weighted by Crippen LogP contribution is -2.37. The number of hydrogen-bond acceptors (Lipinski definition) is 3. The summed E-state index contributed by atoms with van der Waals surface area (Å²) in [7, 11) is 1.95. The smallest absolute Gasteiger partial charge is 0.161 e. The van der Waals surface area contributed by atoms with Crippen LogP contribution in [0.3, 0.4) is 0 Å². The number of benzene rings is 1. The first-order valence-corrected chi connectivity index (χ1v) is 6.20. The van der Waals surface area contributed by atoms with Crippen molar-refractivity contribution in [2.75, 3.05) is 25.2 Å². The largest absolute Gasteiger partial charge is 0.381 e. The summed E-state index contributed by atoms with van der Waals surface area (Å²) in [6, 6.07) is 4.74. The normalized spacial score (nSPS) is 16.6. The highest BCUT2D eigenvalue weighted by Crippen LogP contribution is 2.26. The van der Waals surface area contributed by atoms with Crippen LogP contribution in [0.4, 0.5) is 10.1 Å². The fourth-order valence-electron chi connectivity index (χ4n) is 2.37. The van der Waals surface area contributed by atoms with E-state index in [0.29, 0.717) is 11.6 Å². The molecule has 98 valence electrons. The molecule has 0 bridgehead atoms. The molecule has 1 aliphatic rings. The van der Waals surface area contributed by atoms with Crippen LogP contribution in [-0.4, -0.2) is 32.1 Å². The SMILES string of the molecule is CC(=O)c1cc(F)ccc1N(C)C1CCOCC1. The summed E-state index contributed by atoms with van der Waals surface area (Å²) in [4.78, 5) is 13.7. The minimum absolute atomic E-state index is 0.108. The monoisotopic (exact) mass is 251 g/mol. The lowest BCUT2D eigenvalue weighted by Gasteiger charge is -2.33. The van der Waals surface area contributed by atoms with Crippen LogP contribution in [-0.2, 0) is 4.74 Å². The van der Waals surface area contributed by atoms with Crippen LogP contribution >= 0.6 is 0 Å². The Balaban J connectivity index is 2.28. The summed E-state index contributed by atoms with van der Waals surface area (Å²) in [5, 5.41) is 0. The maximum absolute atomic E-state index is 13.2. The standard InChI is InChI=1S/C14H18FNO2/c1-10(17)13-9-11(15)3-4-14(13)16(2)12-5-7-18-8-6-12/h3-4,9,12H,5-8H2,1-2H3. The van der Waals surface area contributed by atoms with E-state index in [1.165, 1.54) is 19.1 Å². The van der Waals surface area contributed by atoms with E-state index in [1.807, 2.05) is 7.05 Å². The number of ether oxygens (including phenoxy) is 1. The molecule has 3 nitrogen and oxygen atoms in total. The molecule has 0 aromatic heterocycles. The number of rotatable bonds is 3. The van der Waals surface area contributed by atoms with E-state index in [2.05, 4.69) is 4.90 Å². The van der Waals surface area contributed by atoms with Crippen molar-refractivity contribution in [3.8, 4) is 0 Å². The van der Waals surface area contributed by atoms with Gasteiger partial charge in [0.15, 0.2) is 5.78 Å². The van der Waals surface area contributed by atoms with Crippen molar-refractivity contribution < 1.29 is 13.9 Å². The van der Waals surface area contributed by atoms with E-state index >= 15 is 0 Å². The summed E-state index contributed by atoms with van der Waals surface area (Å²) in [6.07, 6.45) is 1.87. The number of anilines is 1. The van der Waals surface area contributed by atoms with Gasteiger partial charge in [0.2, 0.25) is 0 Å². The maximum atomic E-state index is 13.2. The fourth-order valence-corrected chi connectivity index (χ4v) is 2.37. The first-order chi connectivity index (χ1) is 8.59. The van der Waals surface area contributed by atoms with Crippen molar-refractivity contribution >= 4 is 11.5 Å². The second-order valence-electron chi connectivity index (χ2n) is 4.67. The van der Waals surface area contributed by atoms with E-state index in [4.69, 9.17) is 4.74 Å². The third-order valence-electron chi connectivity index (χ3n) is 3.46. The Kier molecular flexibility index (Phi) is 3.97. The molecular formula is C14H18FNO2. The van der Waals surface area contributed by atoms with E-state index in [9.17, 15) is 9.18 Å². The number of Topliss-reactive ketones (excluding diaryl/α,β-unsaturated/α-hetero) is 1. The zero-order valence-electron chi connectivity index (χ0n) is 10.8. The number of carbonyl (C=O) groups is 1. The van der Waals surface area contributed by atoms with E-state index in [1.54, 1.807) is 6.07 Å². The molecule has 0 saturated carbocycles. The van der Waals surface area contributed by atoms with Gasteiger partial charge < -0.3 is 9.64 Å². The molecule has 0 unspecified atom stereocenters. The van der Waals surface area contributed by atoms with Gasteiger partial charge in [-0.15, -0.1) is 0 Å². The highest BCUT2D eigenvalue weighted by atomic mass is 19.1. The molecule has 0 aliphatic carbocycles. The van der Waals surface area contributed by atoms with Crippen molar-refractivity contribution in [1.82, 2.24) is 0 Å². The van der Waals surface area contributed by atoms with Gasteiger partial charge in [-0.3, -0.25) is 4.79 Å². The second-order valence-corrected chi connectivity index (χ2v) is 4.67. The topological polar surface area (TPSA) is 29.5 Å². The van der Waals surface area contributed by atoms with Gasteiger partial charge in [0, 0.05) is 37.6 Å². The second kappa shape index (κ2) is 5.48. The number of halogens is 1. The quantitative estimate of drug-likeness (QED) is 0.773. The number of ketones is 1. The fraction of sp³-hybridized carbons (Fsp3) is 0.500. The van der Waals surface area contributed by atoms with Gasteiger partial charge >= 0.3 is 0 Å². The summed E-state index contributed by atoms with van der Waals surface area (Å²) >= 11 is 0. The third kappa shape index (κ3) is 2.70. The zero-order chi connectivity index (χ0) is 13.1. The Morgan fingerprint density at radius 1 is 1.39 bits per heavy atom. The molecule has 0 N–H and O–H groups in total. The minimum Gasteiger partial charge on any atom is -0.381 e. The van der Waals surface area contributed by atoms with Crippen molar-refractivity contribution in [1.29, 1.82) is 0 Å². The predicted octanol–water partition coefficient (Wildman–Crippen LogP) is 2.64. The van der Waals surface area contributed by atoms with Gasteiger partial charge in [-0.1, -0.05) is 0 Å². The van der Waals surface area contributed by atoms with Gasteiger partial charge in [-0.2, -0.15) is 0 Å². The molecule has 18 heavy (non-hydrogen) atoms. The molecule has 1 heterocycles. The summed E-state index contributed by atoms with van der Waals surface area (Å²) < 4.78 is 18.6. The third-order valence-corrected chi connectivity index (χ3v) is 3.46. The van der Waals surface area contributed by atoms with Crippen molar-refractivity contribution in [3.63, 3.8) is 0 Å². The van der Waals surface area contributed by atoms with E-state index < -0.39 is 0 Å². The van der Waals surface area contributed by atoms with Gasteiger partial charge in [0.1, 0.15) is 5.82 Å². The lowest BCUT2D eigenvalue weighted by molar-refractivity contribution is 0.0854. The molecule has 0 amide bonds. The molecule has 1 aliphatic heterocycles. The summed E-state index contributed by atoms with van der Waals surface area (Å²) in [5.74, 6) is -0.479. The highest BCUT2D eigenvalue weighted by Gasteiger charge is 2.21. The molecule has 0 radical (unpaired) electrons. The minimum atomic E-state index is -0.371. The Hall–Kier alpha value is -1.42. The maximum Gasteiger partial charge on any atom is 0.161 e. The zero-order valence-corrected chi connectivity index (χ0v) is 10.8. The van der Waals surface area contributed by atoms with E-state index in [-0.39, 0.29) is 11.6 Å². The number of hydrogen-bond donors (Lipinski definition) is 0.